The van der Waals surface area contributed by atoms with E-state index in [-0.39, 0.29) is 0 Å². The summed E-state index contributed by atoms with van der Waals surface area (Å²) in [6, 6.07) is 17.8. The van der Waals surface area contributed by atoms with Crippen molar-refractivity contribution in [1.29, 1.82) is 0 Å². The van der Waals surface area contributed by atoms with E-state index in [0.717, 1.165) is 73.0 Å². The Morgan fingerprint density at radius 2 is 0.920 bits per heavy atom. The fourth-order valence-corrected chi connectivity index (χ4v) is 7.37. The zero-order chi connectivity index (χ0) is 35.7. The van der Waals surface area contributed by atoms with Crippen molar-refractivity contribution in [3.63, 3.8) is 0 Å². The lowest BCUT2D eigenvalue weighted by Gasteiger charge is -2.11. The molecule has 0 saturated carbocycles. The number of rotatable bonds is 27. The number of unbranched alkanes of at least 4 members (excludes halogenated alkanes) is 19. The van der Waals surface area contributed by atoms with Gasteiger partial charge in [0.2, 0.25) is 11.4 Å². The third kappa shape index (κ3) is 14.7. The van der Waals surface area contributed by atoms with Crippen molar-refractivity contribution >= 4 is 11.4 Å². The smallest absolute Gasteiger partial charge is 0.223 e. The van der Waals surface area contributed by atoms with Crippen LogP contribution in [0.15, 0.2) is 59.7 Å². The summed E-state index contributed by atoms with van der Waals surface area (Å²) in [5, 5.41) is 0. The first kappa shape index (κ1) is 41.5. The molecular formula is C48H72N2. The minimum absolute atomic E-state index is 0.871. The molecule has 0 amide bonds. The van der Waals surface area contributed by atoms with Crippen molar-refractivity contribution in [1.82, 2.24) is 0 Å². The molecule has 3 rings (SSSR count). The van der Waals surface area contributed by atoms with Crippen LogP contribution in [-0.4, -0.2) is 4.70 Å². The average Bonchev–Trinajstić information content (AvgIpc) is 3.41. The highest BCUT2D eigenvalue weighted by Gasteiger charge is 2.35. The van der Waals surface area contributed by atoms with Crippen molar-refractivity contribution in [2.75, 3.05) is 0 Å². The van der Waals surface area contributed by atoms with Gasteiger partial charge in [0.25, 0.3) is 0 Å². The fourth-order valence-electron chi connectivity index (χ4n) is 7.37. The van der Waals surface area contributed by atoms with Gasteiger partial charge in [-0.2, -0.15) is 0 Å². The van der Waals surface area contributed by atoms with Crippen molar-refractivity contribution in [2.45, 2.75) is 195 Å². The highest BCUT2D eigenvalue weighted by Crippen LogP contribution is 2.42. The van der Waals surface area contributed by atoms with E-state index in [2.05, 4.69) is 88.1 Å². The van der Waals surface area contributed by atoms with Crippen molar-refractivity contribution in [3.05, 3.63) is 87.5 Å². The largest absolute Gasteiger partial charge is 0.493 e. The van der Waals surface area contributed by atoms with Gasteiger partial charge in [0.05, 0.1) is 0 Å². The molecule has 2 aromatic carbocycles. The number of nitrogens with zero attached hydrogens (tertiary/aromatic N) is 2. The Morgan fingerprint density at radius 1 is 0.480 bits per heavy atom. The van der Waals surface area contributed by atoms with Gasteiger partial charge in [-0.25, -0.2) is 4.70 Å². The first-order chi connectivity index (χ1) is 24.6. The van der Waals surface area contributed by atoms with Crippen LogP contribution in [0, 0.1) is 11.8 Å². The van der Waals surface area contributed by atoms with Gasteiger partial charge in [0.1, 0.15) is 5.57 Å². The number of allylic oxidation sites excluding steroid dienone is 2. The summed E-state index contributed by atoms with van der Waals surface area (Å²) in [6.07, 6.45) is 32.5. The lowest BCUT2D eigenvalue weighted by atomic mass is 9.94. The molecule has 2 nitrogen and oxygen atoms in total. The maximum Gasteiger partial charge on any atom is 0.223 e. The molecule has 50 heavy (non-hydrogen) atoms. The molecule has 1 aliphatic heterocycles. The monoisotopic (exact) mass is 677 g/mol. The normalized spacial score (nSPS) is 13.0. The van der Waals surface area contributed by atoms with E-state index in [0.29, 0.717) is 0 Å². The highest BCUT2D eigenvalue weighted by atomic mass is 15.2. The predicted octanol–water partition coefficient (Wildman–Crippen LogP) is 15.4. The second-order valence-corrected chi connectivity index (χ2v) is 14.9. The molecule has 1 aliphatic rings. The van der Waals surface area contributed by atoms with Crippen LogP contribution in [-0.2, 0) is 12.8 Å². The van der Waals surface area contributed by atoms with Crippen LogP contribution in [0.2, 0.25) is 0 Å². The van der Waals surface area contributed by atoms with Gasteiger partial charge in [-0.3, -0.25) is 0 Å². The Bertz CT molecular complexity index is 1380. The summed E-state index contributed by atoms with van der Waals surface area (Å²) < 4.78 is 1.51. The SMILES string of the molecule is CCCCCCCCCCCCCC#CC1=C(c2cccc(CCCCC)c2)[N+](=[N-])C(c2cccc(CCCCCCCC)c2)=C1CCCC. The van der Waals surface area contributed by atoms with Crippen LogP contribution < -0.4 is 0 Å². The van der Waals surface area contributed by atoms with Crippen molar-refractivity contribution < 1.29 is 4.70 Å². The van der Waals surface area contributed by atoms with Crippen LogP contribution >= 0.6 is 0 Å². The molecule has 0 atom stereocenters. The van der Waals surface area contributed by atoms with E-state index in [1.165, 1.54) is 143 Å². The number of hydrogen-bond donors (Lipinski definition) is 0. The Balaban J connectivity index is 1.81. The minimum Gasteiger partial charge on any atom is -0.493 e. The summed E-state index contributed by atoms with van der Waals surface area (Å²) >= 11 is 0. The van der Waals surface area contributed by atoms with E-state index in [1.807, 2.05) is 0 Å². The lowest BCUT2D eigenvalue weighted by molar-refractivity contribution is -0.345. The Hall–Kier alpha value is -2.92. The summed E-state index contributed by atoms with van der Waals surface area (Å²) in [7, 11) is 0. The molecule has 274 valence electrons. The summed E-state index contributed by atoms with van der Waals surface area (Å²) in [5.74, 6) is 7.26. The first-order valence-electron chi connectivity index (χ1n) is 21.3. The Labute approximate surface area is 309 Å². The minimum atomic E-state index is 0.871. The van der Waals surface area contributed by atoms with Gasteiger partial charge >= 0.3 is 0 Å². The molecular weight excluding hydrogens is 605 g/mol. The molecule has 0 fully saturated rings. The van der Waals surface area contributed by atoms with Gasteiger partial charge in [0, 0.05) is 23.1 Å². The second-order valence-electron chi connectivity index (χ2n) is 14.9. The molecule has 0 aliphatic carbocycles. The zero-order valence-corrected chi connectivity index (χ0v) is 32.9. The van der Waals surface area contributed by atoms with Gasteiger partial charge in [0.15, 0.2) is 0 Å². The maximum absolute atomic E-state index is 12.1. The van der Waals surface area contributed by atoms with Gasteiger partial charge in [-0.05, 0) is 80.3 Å². The quantitative estimate of drug-likeness (QED) is 0.0511. The first-order valence-corrected chi connectivity index (χ1v) is 21.3. The van der Waals surface area contributed by atoms with E-state index < -0.39 is 0 Å². The summed E-state index contributed by atoms with van der Waals surface area (Å²) in [6.45, 7) is 9.09. The molecule has 0 radical (unpaired) electrons. The molecule has 0 spiro atoms. The Morgan fingerprint density at radius 3 is 1.46 bits per heavy atom. The molecule has 0 unspecified atom stereocenters. The highest BCUT2D eigenvalue weighted by molar-refractivity contribution is 5.85. The number of benzene rings is 2. The molecule has 2 aromatic rings. The van der Waals surface area contributed by atoms with E-state index >= 15 is 0 Å². The topological polar surface area (TPSA) is 25.3 Å². The van der Waals surface area contributed by atoms with Crippen molar-refractivity contribution in [3.8, 4) is 11.8 Å². The number of hydrogen-bond acceptors (Lipinski definition) is 0. The molecule has 0 saturated heterocycles. The molecule has 0 bridgehead atoms. The van der Waals surface area contributed by atoms with Crippen LogP contribution in [0.4, 0.5) is 0 Å². The third-order valence-corrected chi connectivity index (χ3v) is 10.4. The second kappa shape index (κ2) is 25.9. The fraction of sp³-hybridized carbons (Fsp3) is 0.625. The Kier molecular flexibility index (Phi) is 21.5. The zero-order valence-electron chi connectivity index (χ0n) is 32.9. The van der Waals surface area contributed by atoms with Crippen LogP contribution in [0.3, 0.4) is 0 Å². The van der Waals surface area contributed by atoms with Crippen LogP contribution in [0.5, 0.6) is 0 Å². The summed E-state index contributed by atoms with van der Waals surface area (Å²) in [5.41, 5.74) is 21.1. The average molecular weight is 677 g/mol. The number of aryl methyl sites for hydroxylation is 2. The van der Waals surface area contributed by atoms with E-state index in [1.54, 1.807) is 0 Å². The summed E-state index contributed by atoms with van der Waals surface area (Å²) in [4.78, 5) is 0. The molecule has 1 heterocycles. The van der Waals surface area contributed by atoms with Crippen LogP contribution in [0.25, 0.3) is 16.9 Å². The van der Waals surface area contributed by atoms with Crippen LogP contribution in [0.1, 0.15) is 204 Å². The molecule has 0 N–H and O–H groups in total. The lowest BCUT2D eigenvalue weighted by Crippen LogP contribution is -2.03. The molecule has 2 heteroatoms. The van der Waals surface area contributed by atoms with Gasteiger partial charge in [-0.1, -0.05) is 179 Å². The third-order valence-electron chi connectivity index (χ3n) is 10.4. The van der Waals surface area contributed by atoms with Crippen molar-refractivity contribution in [2.24, 2.45) is 0 Å². The molecule has 0 aromatic heterocycles. The van der Waals surface area contributed by atoms with Gasteiger partial charge in [-0.15, -0.1) is 0 Å². The maximum atomic E-state index is 12.1. The van der Waals surface area contributed by atoms with E-state index in [9.17, 15) is 5.53 Å². The standard InChI is InChI=1S/C48H72N2/c1-5-9-13-15-17-18-19-20-21-22-23-25-28-38-46-45(37-12-8-4)47(43-35-30-34-42(40-43)32-27-24-16-14-10-6-2)50(49)48(46)44-36-29-33-41(39-44)31-26-11-7-3/h29-30,33-36,39-40H,5-27,31-32,37H2,1-4H3. The van der Waals surface area contributed by atoms with Gasteiger partial charge < -0.3 is 5.53 Å². The van der Waals surface area contributed by atoms with E-state index in [4.69, 9.17) is 0 Å². The predicted molar refractivity (Wildman–Crippen MR) is 219 cm³/mol.